The number of nitrogens with zero attached hydrogens (tertiary/aromatic N) is 1. The summed E-state index contributed by atoms with van der Waals surface area (Å²) in [6.45, 7) is 0.224. The maximum Gasteiger partial charge on any atom is 0.275 e. The van der Waals surface area contributed by atoms with E-state index in [1.807, 2.05) is 30.3 Å². The lowest BCUT2D eigenvalue weighted by Gasteiger charge is -2.14. The zero-order valence-corrected chi connectivity index (χ0v) is 22.4. The van der Waals surface area contributed by atoms with Crippen LogP contribution in [0.5, 0.6) is 17.2 Å². The highest BCUT2D eigenvalue weighted by atomic mass is 79.9. The molecule has 6 nitrogen and oxygen atoms in total. The molecule has 0 bridgehead atoms. The molecule has 4 aromatic rings. The van der Waals surface area contributed by atoms with Gasteiger partial charge in [0.05, 0.1) is 30.5 Å². The maximum absolute atomic E-state index is 12.8. The molecule has 0 saturated carbocycles. The van der Waals surface area contributed by atoms with Crippen LogP contribution in [0.4, 0.5) is 0 Å². The minimum absolute atomic E-state index is 0.224. The fraction of sp³-hybridized carbons (Fsp3) is 0.111. The Hall–Kier alpha value is -3.26. The number of methoxy groups -OCH3 is 2. The zero-order valence-electron chi connectivity index (χ0n) is 19.3. The van der Waals surface area contributed by atoms with Crippen LogP contribution in [0.2, 0.25) is 10.0 Å². The third kappa shape index (κ3) is 5.93. The normalized spacial score (nSPS) is 11.0. The standard InChI is InChI=1S/C27H21BrCl2N2O4/c1-34-24-12-18-6-4-3-5-17(18)11-21(24)27(33)32-31-14-16-9-22(28)26(25(10-16)35-2)36-15-19-7-8-20(29)13-23(19)30/h3-14H,15H2,1-2H3,(H,32,33)/b31-14-. The van der Waals surface area contributed by atoms with E-state index in [1.54, 1.807) is 43.5 Å². The van der Waals surface area contributed by atoms with Crippen molar-refractivity contribution in [1.82, 2.24) is 5.43 Å². The summed E-state index contributed by atoms with van der Waals surface area (Å²) in [7, 11) is 3.07. The van der Waals surface area contributed by atoms with Crippen molar-refractivity contribution >= 4 is 62.0 Å². The van der Waals surface area contributed by atoms with Gasteiger partial charge in [0.1, 0.15) is 12.4 Å². The van der Waals surface area contributed by atoms with Crippen molar-refractivity contribution < 1.29 is 19.0 Å². The molecule has 0 aliphatic heterocycles. The molecule has 0 aromatic heterocycles. The van der Waals surface area contributed by atoms with Crippen LogP contribution in [0.1, 0.15) is 21.5 Å². The van der Waals surface area contributed by atoms with Crippen molar-refractivity contribution in [2.75, 3.05) is 14.2 Å². The van der Waals surface area contributed by atoms with E-state index < -0.39 is 0 Å². The molecule has 1 amide bonds. The molecule has 0 fully saturated rings. The quantitative estimate of drug-likeness (QED) is 0.174. The second-order valence-electron chi connectivity index (χ2n) is 7.66. The van der Waals surface area contributed by atoms with E-state index >= 15 is 0 Å². The number of rotatable bonds is 8. The van der Waals surface area contributed by atoms with E-state index in [1.165, 1.54) is 13.3 Å². The largest absolute Gasteiger partial charge is 0.496 e. The molecule has 1 N–H and O–H groups in total. The molecule has 0 unspecified atom stereocenters. The van der Waals surface area contributed by atoms with Gasteiger partial charge in [-0.05, 0) is 68.7 Å². The number of hydrogen-bond donors (Lipinski definition) is 1. The Morgan fingerprint density at radius 1 is 0.972 bits per heavy atom. The summed E-state index contributed by atoms with van der Waals surface area (Å²) in [5.41, 5.74) is 4.41. The van der Waals surface area contributed by atoms with Gasteiger partial charge in [0, 0.05) is 15.6 Å². The Morgan fingerprint density at radius 2 is 1.69 bits per heavy atom. The molecule has 0 radical (unpaired) electrons. The van der Waals surface area contributed by atoms with Gasteiger partial charge in [-0.2, -0.15) is 5.10 Å². The fourth-order valence-corrected chi connectivity index (χ4v) is 4.57. The first-order valence-corrected chi connectivity index (χ1v) is 12.3. The summed E-state index contributed by atoms with van der Waals surface area (Å²) in [6.07, 6.45) is 1.51. The van der Waals surface area contributed by atoms with Crippen molar-refractivity contribution in [2.24, 2.45) is 5.10 Å². The van der Waals surface area contributed by atoms with Gasteiger partial charge in [0.15, 0.2) is 11.5 Å². The number of halogens is 3. The van der Waals surface area contributed by atoms with E-state index in [0.717, 1.165) is 16.3 Å². The number of nitrogens with one attached hydrogen (secondary N) is 1. The number of hydrogen-bond acceptors (Lipinski definition) is 5. The summed E-state index contributed by atoms with van der Waals surface area (Å²) in [6, 6.07) is 20.1. The van der Waals surface area contributed by atoms with E-state index in [9.17, 15) is 4.79 Å². The molecule has 0 aliphatic rings. The third-order valence-corrected chi connectivity index (χ3v) is 6.51. The molecule has 36 heavy (non-hydrogen) atoms. The minimum atomic E-state index is -0.389. The van der Waals surface area contributed by atoms with Crippen molar-refractivity contribution in [1.29, 1.82) is 0 Å². The predicted molar refractivity (Wildman–Crippen MR) is 147 cm³/mol. The van der Waals surface area contributed by atoms with Gasteiger partial charge in [-0.25, -0.2) is 5.43 Å². The van der Waals surface area contributed by atoms with Gasteiger partial charge in [0.25, 0.3) is 5.91 Å². The molecule has 0 aliphatic carbocycles. The lowest BCUT2D eigenvalue weighted by molar-refractivity contribution is 0.0952. The zero-order chi connectivity index (χ0) is 25.7. The van der Waals surface area contributed by atoms with Gasteiger partial charge < -0.3 is 14.2 Å². The average molecular weight is 588 g/mol. The molecule has 0 heterocycles. The minimum Gasteiger partial charge on any atom is -0.496 e. The Balaban J connectivity index is 1.49. The molecular weight excluding hydrogens is 567 g/mol. The SMILES string of the molecule is COc1cc2ccccc2cc1C(=O)N/N=C\c1cc(Br)c(OCc2ccc(Cl)cc2Cl)c(OC)c1. The van der Waals surface area contributed by atoms with Gasteiger partial charge >= 0.3 is 0 Å². The number of hydrazone groups is 1. The number of ether oxygens (including phenoxy) is 3. The molecular formula is C27H21BrCl2N2O4. The van der Waals surface area contributed by atoms with Crippen molar-refractivity contribution in [3.63, 3.8) is 0 Å². The van der Waals surface area contributed by atoms with Crippen molar-refractivity contribution in [3.8, 4) is 17.2 Å². The van der Waals surface area contributed by atoms with Crippen LogP contribution < -0.4 is 19.6 Å². The van der Waals surface area contributed by atoms with E-state index in [4.69, 9.17) is 37.4 Å². The van der Waals surface area contributed by atoms with Gasteiger partial charge in [-0.1, -0.05) is 53.5 Å². The number of amides is 1. The highest BCUT2D eigenvalue weighted by Crippen LogP contribution is 2.37. The Kier molecular flexibility index (Phi) is 8.36. The summed E-state index contributed by atoms with van der Waals surface area (Å²) in [4.78, 5) is 12.8. The average Bonchev–Trinajstić information content (AvgIpc) is 2.87. The van der Waals surface area contributed by atoms with E-state index in [2.05, 4.69) is 26.5 Å². The second-order valence-corrected chi connectivity index (χ2v) is 9.36. The van der Waals surface area contributed by atoms with Crippen LogP contribution in [0.25, 0.3) is 10.8 Å². The summed E-state index contributed by atoms with van der Waals surface area (Å²) in [5.74, 6) is 1.07. The van der Waals surface area contributed by atoms with Crippen LogP contribution >= 0.6 is 39.1 Å². The summed E-state index contributed by atoms with van der Waals surface area (Å²) >= 11 is 15.7. The first kappa shape index (κ1) is 25.8. The smallest absolute Gasteiger partial charge is 0.275 e. The highest BCUT2D eigenvalue weighted by Gasteiger charge is 2.15. The molecule has 0 saturated heterocycles. The first-order chi connectivity index (χ1) is 17.4. The molecule has 0 spiro atoms. The lowest BCUT2D eigenvalue weighted by Crippen LogP contribution is -2.18. The molecule has 4 aromatic carbocycles. The van der Waals surface area contributed by atoms with Crippen LogP contribution in [0.15, 0.2) is 76.3 Å². The lowest BCUT2D eigenvalue weighted by atomic mass is 10.1. The Bertz CT molecular complexity index is 1460. The number of fused-ring (bicyclic) bond motifs is 1. The van der Waals surface area contributed by atoms with Crippen LogP contribution in [0.3, 0.4) is 0 Å². The maximum atomic E-state index is 12.8. The number of carbonyl (C=O) groups excluding carboxylic acids is 1. The van der Waals surface area contributed by atoms with Crippen molar-refractivity contribution in [2.45, 2.75) is 6.61 Å². The van der Waals surface area contributed by atoms with Gasteiger partial charge in [0.2, 0.25) is 0 Å². The van der Waals surface area contributed by atoms with Crippen LogP contribution in [-0.2, 0) is 6.61 Å². The predicted octanol–water partition coefficient (Wildman–Crippen LogP) is 7.27. The molecule has 184 valence electrons. The fourth-order valence-electron chi connectivity index (χ4n) is 3.53. The molecule has 0 atom stereocenters. The molecule has 4 rings (SSSR count). The van der Waals surface area contributed by atoms with E-state index in [0.29, 0.717) is 42.9 Å². The third-order valence-electron chi connectivity index (χ3n) is 5.33. The summed E-state index contributed by atoms with van der Waals surface area (Å²) in [5, 5.41) is 7.08. The van der Waals surface area contributed by atoms with Crippen molar-refractivity contribution in [3.05, 3.63) is 97.9 Å². The highest BCUT2D eigenvalue weighted by molar-refractivity contribution is 9.10. The summed E-state index contributed by atoms with van der Waals surface area (Å²) < 4.78 is 17.5. The topological polar surface area (TPSA) is 69.2 Å². The van der Waals surface area contributed by atoms with E-state index in [-0.39, 0.29) is 12.5 Å². The van der Waals surface area contributed by atoms with Gasteiger partial charge in [-0.3, -0.25) is 4.79 Å². The number of carbonyl (C=O) groups is 1. The van der Waals surface area contributed by atoms with Gasteiger partial charge in [-0.15, -0.1) is 0 Å². The monoisotopic (exact) mass is 586 g/mol. The second kappa shape index (κ2) is 11.6. The Labute approximate surface area is 226 Å². The molecule has 9 heteroatoms. The van der Waals surface area contributed by atoms with Crippen LogP contribution in [0, 0.1) is 0 Å². The number of benzene rings is 4. The Morgan fingerprint density at radius 3 is 2.39 bits per heavy atom. The first-order valence-electron chi connectivity index (χ1n) is 10.7. The van der Waals surface area contributed by atoms with Crippen LogP contribution in [-0.4, -0.2) is 26.3 Å².